The molecule has 0 aliphatic carbocycles. The second kappa shape index (κ2) is 9.93. The minimum absolute atomic E-state index is 0.0827. The molecule has 9 heteroatoms. The smallest absolute Gasteiger partial charge is 0.257 e. The molecule has 8 nitrogen and oxygen atoms in total. The van der Waals surface area contributed by atoms with E-state index in [4.69, 9.17) is 14.2 Å². The lowest BCUT2D eigenvalue weighted by Crippen LogP contribution is -2.48. The van der Waals surface area contributed by atoms with Gasteiger partial charge < -0.3 is 19.1 Å². The standard InChI is InChI=1S/C24H25BrN2O6/c1-31-20-10-5-15(12-21(20)32-2)23(29)26(14-18-4-3-11-33-18)19-13-22(28)27(24(19)30)17-8-6-16(25)7-9-17/h5-10,12,18-19H,3-4,11,13-14H2,1-2H3. The summed E-state index contributed by atoms with van der Waals surface area (Å²) in [6.45, 7) is 0.844. The summed E-state index contributed by atoms with van der Waals surface area (Å²) in [6, 6.07) is 10.9. The summed E-state index contributed by atoms with van der Waals surface area (Å²) < 4.78 is 17.2. The summed E-state index contributed by atoms with van der Waals surface area (Å²) in [4.78, 5) is 42.5. The Morgan fingerprint density at radius 1 is 1.12 bits per heavy atom. The third-order valence-corrected chi connectivity index (χ3v) is 6.43. The molecule has 0 radical (unpaired) electrons. The highest BCUT2D eigenvalue weighted by molar-refractivity contribution is 9.10. The Hall–Kier alpha value is -2.91. The van der Waals surface area contributed by atoms with E-state index in [1.165, 1.54) is 19.1 Å². The summed E-state index contributed by atoms with van der Waals surface area (Å²) in [5.74, 6) is -0.229. The summed E-state index contributed by atoms with van der Waals surface area (Å²) in [7, 11) is 3.01. The van der Waals surface area contributed by atoms with Gasteiger partial charge in [-0.1, -0.05) is 15.9 Å². The predicted octanol–water partition coefficient (Wildman–Crippen LogP) is 3.42. The molecule has 2 atom stereocenters. The van der Waals surface area contributed by atoms with Crippen molar-refractivity contribution < 1.29 is 28.6 Å². The Morgan fingerprint density at radius 2 is 1.85 bits per heavy atom. The van der Waals surface area contributed by atoms with Crippen LogP contribution in [0.4, 0.5) is 5.69 Å². The van der Waals surface area contributed by atoms with E-state index < -0.39 is 11.9 Å². The van der Waals surface area contributed by atoms with Gasteiger partial charge in [0.25, 0.3) is 11.8 Å². The van der Waals surface area contributed by atoms with E-state index in [0.717, 1.165) is 22.2 Å². The third kappa shape index (κ3) is 4.74. The van der Waals surface area contributed by atoms with Crippen molar-refractivity contribution in [2.75, 3.05) is 32.3 Å². The highest BCUT2D eigenvalue weighted by Gasteiger charge is 2.45. The summed E-state index contributed by atoms with van der Waals surface area (Å²) in [6.07, 6.45) is 1.42. The Kier molecular flexibility index (Phi) is 6.99. The first-order valence-corrected chi connectivity index (χ1v) is 11.5. The van der Waals surface area contributed by atoms with Gasteiger partial charge in [-0.2, -0.15) is 0 Å². The summed E-state index contributed by atoms with van der Waals surface area (Å²) in [5.41, 5.74) is 0.819. The minimum Gasteiger partial charge on any atom is -0.493 e. The van der Waals surface area contributed by atoms with Crippen molar-refractivity contribution >= 4 is 39.3 Å². The van der Waals surface area contributed by atoms with Gasteiger partial charge in [-0.25, -0.2) is 4.90 Å². The van der Waals surface area contributed by atoms with Crippen molar-refractivity contribution in [1.29, 1.82) is 0 Å². The Labute approximate surface area is 200 Å². The van der Waals surface area contributed by atoms with Gasteiger partial charge in [-0.15, -0.1) is 0 Å². The summed E-state index contributed by atoms with van der Waals surface area (Å²) in [5, 5.41) is 0. The lowest BCUT2D eigenvalue weighted by Gasteiger charge is -2.30. The predicted molar refractivity (Wildman–Crippen MR) is 125 cm³/mol. The van der Waals surface area contributed by atoms with Crippen LogP contribution in [-0.4, -0.2) is 62.1 Å². The average Bonchev–Trinajstić information content (AvgIpc) is 3.44. The van der Waals surface area contributed by atoms with E-state index in [1.54, 1.807) is 42.5 Å². The van der Waals surface area contributed by atoms with Gasteiger partial charge in [0.15, 0.2) is 11.5 Å². The van der Waals surface area contributed by atoms with Crippen molar-refractivity contribution in [2.24, 2.45) is 0 Å². The van der Waals surface area contributed by atoms with Crippen molar-refractivity contribution in [3.63, 3.8) is 0 Å². The van der Waals surface area contributed by atoms with E-state index in [9.17, 15) is 14.4 Å². The number of benzene rings is 2. The maximum atomic E-state index is 13.6. The molecule has 0 bridgehead atoms. The number of rotatable bonds is 7. The van der Waals surface area contributed by atoms with Gasteiger partial charge in [0.2, 0.25) is 5.91 Å². The first-order valence-electron chi connectivity index (χ1n) is 10.7. The molecule has 0 saturated carbocycles. The van der Waals surface area contributed by atoms with E-state index >= 15 is 0 Å². The quantitative estimate of drug-likeness (QED) is 0.524. The number of carbonyl (C=O) groups is 3. The van der Waals surface area contributed by atoms with E-state index in [-0.39, 0.29) is 30.9 Å². The monoisotopic (exact) mass is 516 g/mol. The third-order valence-electron chi connectivity index (χ3n) is 5.90. The maximum absolute atomic E-state index is 13.6. The molecule has 2 heterocycles. The Bertz CT molecular complexity index is 1050. The van der Waals surface area contributed by atoms with Crippen molar-refractivity contribution in [3.05, 3.63) is 52.5 Å². The molecule has 2 aromatic rings. The van der Waals surface area contributed by atoms with Crippen molar-refractivity contribution in [3.8, 4) is 11.5 Å². The number of amides is 3. The van der Waals surface area contributed by atoms with Gasteiger partial charge >= 0.3 is 0 Å². The lowest BCUT2D eigenvalue weighted by atomic mass is 10.1. The first kappa shape index (κ1) is 23.3. The minimum atomic E-state index is -0.911. The molecular formula is C24H25BrN2O6. The van der Waals surface area contributed by atoms with Gasteiger partial charge in [-0.3, -0.25) is 14.4 Å². The van der Waals surface area contributed by atoms with Crippen LogP contribution in [0.1, 0.15) is 29.6 Å². The average molecular weight is 517 g/mol. The maximum Gasteiger partial charge on any atom is 0.257 e. The van der Waals surface area contributed by atoms with E-state index in [1.807, 2.05) is 0 Å². The topological polar surface area (TPSA) is 85.4 Å². The van der Waals surface area contributed by atoms with Gasteiger partial charge in [-0.05, 0) is 55.3 Å². The van der Waals surface area contributed by atoms with Crippen LogP contribution < -0.4 is 14.4 Å². The molecule has 0 spiro atoms. The SMILES string of the molecule is COc1ccc(C(=O)N(CC2CCCO2)C2CC(=O)N(c3ccc(Br)cc3)C2=O)cc1OC. The number of hydrogen-bond acceptors (Lipinski definition) is 6. The van der Waals surface area contributed by atoms with E-state index in [0.29, 0.717) is 29.4 Å². The fraction of sp³-hybridized carbons (Fsp3) is 0.375. The molecule has 0 N–H and O–H groups in total. The second-order valence-corrected chi connectivity index (χ2v) is 8.84. The fourth-order valence-electron chi connectivity index (χ4n) is 4.22. The van der Waals surface area contributed by atoms with Crippen LogP contribution in [0.3, 0.4) is 0 Å². The molecule has 33 heavy (non-hydrogen) atoms. The number of halogens is 1. The number of anilines is 1. The van der Waals surface area contributed by atoms with Crippen LogP contribution in [0.25, 0.3) is 0 Å². The summed E-state index contributed by atoms with van der Waals surface area (Å²) >= 11 is 3.36. The number of ether oxygens (including phenoxy) is 3. The molecule has 3 amide bonds. The normalized spacial score (nSPS) is 20.3. The molecule has 174 valence electrons. The van der Waals surface area contributed by atoms with Gasteiger partial charge in [0, 0.05) is 23.2 Å². The van der Waals surface area contributed by atoms with Gasteiger partial charge in [0.1, 0.15) is 6.04 Å². The Balaban J connectivity index is 1.65. The number of methoxy groups -OCH3 is 2. The number of imide groups is 1. The van der Waals surface area contributed by atoms with Crippen LogP contribution >= 0.6 is 15.9 Å². The zero-order valence-electron chi connectivity index (χ0n) is 18.5. The molecule has 2 saturated heterocycles. The highest BCUT2D eigenvalue weighted by atomic mass is 79.9. The molecular weight excluding hydrogens is 492 g/mol. The zero-order valence-corrected chi connectivity index (χ0v) is 20.0. The lowest BCUT2D eigenvalue weighted by molar-refractivity contribution is -0.122. The first-order chi connectivity index (χ1) is 15.9. The molecule has 4 rings (SSSR count). The van der Waals surface area contributed by atoms with Gasteiger partial charge in [0.05, 0.1) is 32.4 Å². The number of carbonyl (C=O) groups excluding carboxylic acids is 3. The van der Waals surface area contributed by atoms with Crippen molar-refractivity contribution in [1.82, 2.24) is 4.90 Å². The molecule has 0 aromatic heterocycles. The largest absolute Gasteiger partial charge is 0.493 e. The van der Waals surface area contributed by atoms with Crippen LogP contribution in [0, 0.1) is 0 Å². The Morgan fingerprint density at radius 3 is 2.48 bits per heavy atom. The highest BCUT2D eigenvalue weighted by Crippen LogP contribution is 2.31. The fourth-order valence-corrected chi connectivity index (χ4v) is 4.48. The van der Waals surface area contributed by atoms with Crippen LogP contribution in [-0.2, 0) is 14.3 Å². The molecule has 2 fully saturated rings. The van der Waals surface area contributed by atoms with Crippen molar-refractivity contribution in [2.45, 2.75) is 31.4 Å². The van der Waals surface area contributed by atoms with Crippen LogP contribution in [0.2, 0.25) is 0 Å². The molecule has 2 unspecified atom stereocenters. The number of nitrogens with zero attached hydrogens (tertiary/aromatic N) is 2. The number of hydrogen-bond donors (Lipinski definition) is 0. The second-order valence-electron chi connectivity index (χ2n) is 7.93. The van der Waals surface area contributed by atoms with Crippen LogP contribution in [0.15, 0.2) is 46.9 Å². The zero-order chi connectivity index (χ0) is 23.5. The van der Waals surface area contributed by atoms with E-state index in [2.05, 4.69) is 15.9 Å². The molecule has 2 aliphatic heterocycles. The molecule has 2 aliphatic rings. The molecule has 2 aromatic carbocycles. The van der Waals surface area contributed by atoms with Crippen LogP contribution in [0.5, 0.6) is 11.5 Å².